The van der Waals surface area contributed by atoms with E-state index in [4.69, 9.17) is 5.73 Å². The Morgan fingerprint density at radius 1 is 1.11 bits per heavy atom. The molecule has 1 amide bonds. The summed E-state index contributed by atoms with van der Waals surface area (Å²) in [6.07, 6.45) is 8.00. The summed E-state index contributed by atoms with van der Waals surface area (Å²) < 4.78 is 0. The molecule has 4 saturated carbocycles. The fourth-order valence-corrected chi connectivity index (χ4v) is 5.20. The van der Waals surface area contributed by atoms with Gasteiger partial charge in [0.1, 0.15) is 0 Å². The molecule has 102 valence electrons. The number of nitrogens with zero attached hydrogens (tertiary/aromatic N) is 1. The lowest BCUT2D eigenvalue weighted by atomic mass is 9.54. The summed E-state index contributed by atoms with van der Waals surface area (Å²) in [6, 6.07) is 0.522. The van der Waals surface area contributed by atoms with Gasteiger partial charge in [-0.05, 0) is 62.2 Å². The second-order valence-corrected chi connectivity index (χ2v) is 6.71. The standard InChI is InChI=1S/C15H26N2O/c1-2-3-17(14(18)9-16)15-12-5-10-4-11(7-12)8-13(15)6-10/h10-13,15H,2-9,16H2,1H3. The highest BCUT2D eigenvalue weighted by Crippen LogP contribution is 2.55. The first kappa shape index (κ1) is 12.5. The summed E-state index contributed by atoms with van der Waals surface area (Å²) in [4.78, 5) is 14.3. The fourth-order valence-electron chi connectivity index (χ4n) is 5.20. The van der Waals surface area contributed by atoms with Crippen LogP contribution in [0.1, 0.15) is 45.4 Å². The van der Waals surface area contributed by atoms with Crippen molar-refractivity contribution in [1.29, 1.82) is 0 Å². The second kappa shape index (κ2) is 4.84. The lowest BCUT2D eigenvalue weighted by Crippen LogP contribution is -2.58. The van der Waals surface area contributed by atoms with Gasteiger partial charge < -0.3 is 10.6 Å². The highest BCUT2D eigenvalue weighted by molar-refractivity contribution is 5.78. The van der Waals surface area contributed by atoms with Crippen molar-refractivity contribution < 1.29 is 4.79 Å². The topological polar surface area (TPSA) is 46.3 Å². The quantitative estimate of drug-likeness (QED) is 0.829. The number of rotatable bonds is 4. The van der Waals surface area contributed by atoms with Gasteiger partial charge in [0.25, 0.3) is 0 Å². The van der Waals surface area contributed by atoms with E-state index < -0.39 is 0 Å². The van der Waals surface area contributed by atoms with E-state index in [-0.39, 0.29) is 12.5 Å². The Bertz CT molecular complexity index is 300. The Morgan fingerprint density at radius 3 is 2.11 bits per heavy atom. The van der Waals surface area contributed by atoms with Crippen LogP contribution >= 0.6 is 0 Å². The third-order valence-electron chi connectivity index (χ3n) is 5.50. The minimum Gasteiger partial charge on any atom is -0.338 e. The Labute approximate surface area is 110 Å². The van der Waals surface area contributed by atoms with E-state index in [2.05, 4.69) is 11.8 Å². The number of amides is 1. The Kier molecular flexibility index (Phi) is 3.35. The molecule has 0 aromatic rings. The predicted octanol–water partition coefficient (Wildman–Crippen LogP) is 2.01. The van der Waals surface area contributed by atoms with Crippen molar-refractivity contribution in [3.8, 4) is 0 Å². The van der Waals surface area contributed by atoms with Crippen molar-refractivity contribution in [1.82, 2.24) is 4.90 Å². The molecule has 0 radical (unpaired) electrons. The molecule has 0 spiro atoms. The van der Waals surface area contributed by atoms with Crippen LogP contribution in [0.3, 0.4) is 0 Å². The molecule has 0 heterocycles. The number of hydrogen-bond acceptors (Lipinski definition) is 2. The highest BCUT2D eigenvalue weighted by Gasteiger charge is 2.50. The van der Waals surface area contributed by atoms with Crippen molar-refractivity contribution >= 4 is 5.91 Å². The monoisotopic (exact) mass is 250 g/mol. The first-order chi connectivity index (χ1) is 8.72. The first-order valence-electron chi connectivity index (χ1n) is 7.72. The van der Waals surface area contributed by atoms with Gasteiger partial charge in [-0.15, -0.1) is 0 Å². The van der Waals surface area contributed by atoms with Crippen molar-refractivity contribution in [2.75, 3.05) is 13.1 Å². The van der Waals surface area contributed by atoms with E-state index in [9.17, 15) is 4.79 Å². The maximum Gasteiger partial charge on any atom is 0.236 e. The molecule has 0 aromatic carbocycles. The van der Waals surface area contributed by atoms with E-state index in [1.165, 1.54) is 32.1 Å². The van der Waals surface area contributed by atoms with Gasteiger partial charge >= 0.3 is 0 Å². The van der Waals surface area contributed by atoms with Crippen LogP contribution in [0.15, 0.2) is 0 Å². The van der Waals surface area contributed by atoms with Gasteiger partial charge in [-0.1, -0.05) is 6.92 Å². The van der Waals surface area contributed by atoms with Gasteiger partial charge in [0.15, 0.2) is 0 Å². The zero-order valence-corrected chi connectivity index (χ0v) is 11.5. The van der Waals surface area contributed by atoms with E-state index in [0.717, 1.165) is 36.6 Å². The maximum atomic E-state index is 12.1. The molecule has 0 atom stereocenters. The normalized spacial score (nSPS) is 41.1. The van der Waals surface area contributed by atoms with Crippen LogP contribution in [0.2, 0.25) is 0 Å². The molecule has 2 N–H and O–H groups in total. The van der Waals surface area contributed by atoms with Gasteiger partial charge in [0.05, 0.1) is 6.54 Å². The van der Waals surface area contributed by atoms with Crippen molar-refractivity contribution in [2.45, 2.75) is 51.5 Å². The van der Waals surface area contributed by atoms with Crippen LogP contribution in [0, 0.1) is 23.7 Å². The molecule has 0 unspecified atom stereocenters. The minimum absolute atomic E-state index is 0.175. The van der Waals surface area contributed by atoms with E-state index in [0.29, 0.717) is 6.04 Å². The minimum atomic E-state index is 0.175. The molecule has 0 aliphatic heterocycles. The molecule has 3 heteroatoms. The average Bonchev–Trinajstić information content (AvgIpc) is 2.35. The van der Waals surface area contributed by atoms with Crippen LogP contribution in [0.5, 0.6) is 0 Å². The smallest absolute Gasteiger partial charge is 0.236 e. The summed E-state index contributed by atoms with van der Waals surface area (Å²) in [6.45, 7) is 3.25. The van der Waals surface area contributed by atoms with Crippen LogP contribution < -0.4 is 5.73 Å². The van der Waals surface area contributed by atoms with Gasteiger partial charge in [-0.2, -0.15) is 0 Å². The third-order valence-corrected chi connectivity index (χ3v) is 5.50. The Balaban J connectivity index is 1.79. The summed E-state index contributed by atoms with van der Waals surface area (Å²) >= 11 is 0. The molecule has 4 fully saturated rings. The first-order valence-corrected chi connectivity index (χ1v) is 7.72. The predicted molar refractivity (Wildman–Crippen MR) is 71.9 cm³/mol. The van der Waals surface area contributed by atoms with Crippen molar-refractivity contribution in [2.24, 2.45) is 29.4 Å². The van der Waals surface area contributed by atoms with Crippen LogP contribution in [-0.2, 0) is 4.79 Å². The largest absolute Gasteiger partial charge is 0.338 e. The summed E-state index contributed by atoms with van der Waals surface area (Å²) in [7, 11) is 0. The van der Waals surface area contributed by atoms with Crippen LogP contribution in [0.25, 0.3) is 0 Å². The van der Waals surface area contributed by atoms with E-state index in [1.54, 1.807) is 0 Å². The third kappa shape index (κ3) is 1.97. The maximum absolute atomic E-state index is 12.1. The van der Waals surface area contributed by atoms with Gasteiger partial charge in [0.2, 0.25) is 5.91 Å². The Morgan fingerprint density at radius 2 is 1.67 bits per heavy atom. The zero-order valence-electron chi connectivity index (χ0n) is 11.5. The van der Waals surface area contributed by atoms with Gasteiger partial charge in [-0.25, -0.2) is 0 Å². The van der Waals surface area contributed by atoms with Crippen molar-refractivity contribution in [3.63, 3.8) is 0 Å². The Hall–Kier alpha value is -0.570. The van der Waals surface area contributed by atoms with Crippen LogP contribution in [-0.4, -0.2) is 29.9 Å². The SMILES string of the molecule is CCCN(C(=O)CN)C1C2CC3CC(C2)CC1C3. The lowest BCUT2D eigenvalue weighted by Gasteiger charge is -2.57. The van der Waals surface area contributed by atoms with Gasteiger partial charge in [-0.3, -0.25) is 4.79 Å². The molecule has 4 rings (SSSR count). The lowest BCUT2D eigenvalue weighted by molar-refractivity contribution is -0.142. The van der Waals surface area contributed by atoms with Crippen molar-refractivity contribution in [3.05, 3.63) is 0 Å². The molecule has 0 aromatic heterocycles. The summed E-state index contributed by atoms with van der Waals surface area (Å²) in [5, 5.41) is 0. The molecule has 4 aliphatic carbocycles. The fraction of sp³-hybridized carbons (Fsp3) is 0.933. The van der Waals surface area contributed by atoms with E-state index in [1.807, 2.05) is 0 Å². The summed E-state index contributed by atoms with van der Waals surface area (Å²) in [5.74, 6) is 3.68. The number of carbonyl (C=O) groups excluding carboxylic acids is 1. The molecular weight excluding hydrogens is 224 g/mol. The molecule has 4 bridgehead atoms. The van der Waals surface area contributed by atoms with E-state index >= 15 is 0 Å². The average molecular weight is 250 g/mol. The molecular formula is C15H26N2O. The zero-order chi connectivity index (χ0) is 12.7. The number of nitrogens with two attached hydrogens (primary N) is 1. The summed E-state index contributed by atoms with van der Waals surface area (Å²) in [5.41, 5.74) is 5.61. The van der Waals surface area contributed by atoms with Crippen LogP contribution in [0.4, 0.5) is 0 Å². The second-order valence-electron chi connectivity index (χ2n) is 6.71. The highest BCUT2D eigenvalue weighted by atomic mass is 16.2. The molecule has 4 aliphatic rings. The van der Waals surface area contributed by atoms with Gasteiger partial charge in [0, 0.05) is 12.6 Å². The number of carbonyl (C=O) groups is 1. The molecule has 0 saturated heterocycles. The number of hydrogen-bond donors (Lipinski definition) is 1. The molecule has 18 heavy (non-hydrogen) atoms. The molecule has 3 nitrogen and oxygen atoms in total.